The lowest BCUT2D eigenvalue weighted by atomic mass is 10.1. The fourth-order valence-electron chi connectivity index (χ4n) is 1.74. The van der Waals surface area contributed by atoms with Crippen LogP contribution in [0.1, 0.15) is 25.0 Å². The first-order valence-electron chi connectivity index (χ1n) is 5.30. The van der Waals surface area contributed by atoms with Crippen LogP contribution in [-0.2, 0) is 0 Å². The summed E-state index contributed by atoms with van der Waals surface area (Å²) in [7, 11) is 0. The molecule has 0 aliphatic carbocycles. The Morgan fingerprint density at radius 2 is 1.93 bits per heavy atom. The van der Waals surface area contributed by atoms with Gasteiger partial charge in [-0.05, 0) is 44.5 Å². The number of benzene rings is 1. The Balaban J connectivity index is 3.07. The van der Waals surface area contributed by atoms with Gasteiger partial charge in [-0.1, -0.05) is 0 Å². The molecule has 0 fully saturated rings. The molecule has 0 atom stereocenters. The molecule has 1 rings (SSSR count). The van der Waals surface area contributed by atoms with Gasteiger partial charge in [0.05, 0.1) is 0 Å². The number of nitrogens with two attached hydrogens (primary N) is 1. The van der Waals surface area contributed by atoms with Gasteiger partial charge in [-0.25, -0.2) is 0 Å². The Morgan fingerprint density at radius 3 is 2.33 bits per heavy atom. The smallest absolute Gasteiger partial charge is 0.122 e. The number of hydrogen-bond donors (Lipinski definition) is 2. The van der Waals surface area contributed by atoms with Gasteiger partial charge in [0.1, 0.15) is 5.84 Å². The zero-order valence-corrected chi connectivity index (χ0v) is 9.67. The quantitative estimate of drug-likeness (QED) is 0.584. The molecule has 0 saturated heterocycles. The highest BCUT2D eigenvalue weighted by molar-refractivity contribution is 5.95. The molecule has 3 N–H and O–H groups in total. The second-order valence-electron chi connectivity index (χ2n) is 3.59. The van der Waals surface area contributed by atoms with Crippen LogP contribution in [0, 0.1) is 12.3 Å². The van der Waals surface area contributed by atoms with Crippen molar-refractivity contribution in [3.05, 3.63) is 29.3 Å². The Labute approximate surface area is 91.4 Å². The summed E-state index contributed by atoms with van der Waals surface area (Å²) in [5.41, 5.74) is 8.64. The standard InChI is InChI=1S/C12H19N3/c1-4-15(5-2)11-7-6-10(12(13)14)8-9(11)3/h6-8H,4-5H2,1-3H3,(H3,13,14). The van der Waals surface area contributed by atoms with Crippen LogP contribution in [-0.4, -0.2) is 18.9 Å². The number of hydrogen-bond acceptors (Lipinski definition) is 2. The van der Waals surface area contributed by atoms with Gasteiger partial charge >= 0.3 is 0 Å². The van der Waals surface area contributed by atoms with Gasteiger partial charge in [0, 0.05) is 24.3 Å². The number of nitrogens with zero attached hydrogens (tertiary/aromatic N) is 1. The van der Waals surface area contributed by atoms with E-state index in [1.165, 1.54) is 11.3 Å². The van der Waals surface area contributed by atoms with E-state index in [-0.39, 0.29) is 5.84 Å². The summed E-state index contributed by atoms with van der Waals surface area (Å²) < 4.78 is 0. The first-order valence-corrected chi connectivity index (χ1v) is 5.30. The lowest BCUT2D eigenvalue weighted by Crippen LogP contribution is -2.23. The number of nitrogens with one attached hydrogen (secondary N) is 1. The van der Waals surface area contributed by atoms with Crippen LogP contribution < -0.4 is 10.6 Å². The number of rotatable bonds is 4. The Bertz CT molecular complexity index is 354. The zero-order valence-electron chi connectivity index (χ0n) is 9.67. The van der Waals surface area contributed by atoms with E-state index in [1.807, 2.05) is 18.2 Å². The van der Waals surface area contributed by atoms with Gasteiger partial charge in [-0.2, -0.15) is 0 Å². The molecular weight excluding hydrogens is 186 g/mol. The third-order valence-electron chi connectivity index (χ3n) is 2.61. The van der Waals surface area contributed by atoms with Crippen molar-refractivity contribution in [1.82, 2.24) is 0 Å². The van der Waals surface area contributed by atoms with E-state index in [0.717, 1.165) is 18.7 Å². The van der Waals surface area contributed by atoms with Crippen molar-refractivity contribution in [2.75, 3.05) is 18.0 Å². The molecule has 0 spiro atoms. The summed E-state index contributed by atoms with van der Waals surface area (Å²) in [6, 6.07) is 5.91. The van der Waals surface area contributed by atoms with Crippen LogP contribution in [0.4, 0.5) is 5.69 Å². The Morgan fingerprint density at radius 1 is 1.33 bits per heavy atom. The molecule has 0 radical (unpaired) electrons. The maximum atomic E-state index is 7.36. The minimum atomic E-state index is 0.129. The van der Waals surface area contributed by atoms with Gasteiger partial charge in [0.15, 0.2) is 0 Å². The molecule has 82 valence electrons. The third-order valence-corrected chi connectivity index (χ3v) is 2.61. The minimum Gasteiger partial charge on any atom is -0.384 e. The van der Waals surface area contributed by atoms with E-state index in [4.69, 9.17) is 11.1 Å². The molecular formula is C12H19N3. The van der Waals surface area contributed by atoms with Gasteiger partial charge in [-0.15, -0.1) is 0 Å². The lowest BCUT2D eigenvalue weighted by molar-refractivity contribution is 0.862. The molecule has 3 heteroatoms. The summed E-state index contributed by atoms with van der Waals surface area (Å²) in [6.45, 7) is 8.33. The van der Waals surface area contributed by atoms with Crippen molar-refractivity contribution in [3.8, 4) is 0 Å². The van der Waals surface area contributed by atoms with E-state index in [2.05, 4.69) is 25.7 Å². The van der Waals surface area contributed by atoms with E-state index < -0.39 is 0 Å². The van der Waals surface area contributed by atoms with E-state index >= 15 is 0 Å². The van der Waals surface area contributed by atoms with Crippen molar-refractivity contribution in [1.29, 1.82) is 5.41 Å². The predicted octanol–water partition coefficient (Wildman–Crippen LogP) is 2.13. The molecule has 0 amide bonds. The SMILES string of the molecule is CCN(CC)c1ccc(C(=N)N)cc1C. The molecule has 1 aromatic rings. The molecule has 0 saturated carbocycles. The number of nitrogen functional groups attached to an aromatic ring is 1. The van der Waals surface area contributed by atoms with Gasteiger partial charge in [-0.3, -0.25) is 5.41 Å². The monoisotopic (exact) mass is 205 g/mol. The minimum absolute atomic E-state index is 0.129. The predicted molar refractivity (Wildman–Crippen MR) is 65.8 cm³/mol. The number of amidine groups is 1. The van der Waals surface area contributed by atoms with Crippen molar-refractivity contribution in [2.45, 2.75) is 20.8 Å². The summed E-state index contributed by atoms with van der Waals surface area (Å²) in [6.07, 6.45) is 0. The number of anilines is 1. The fourth-order valence-corrected chi connectivity index (χ4v) is 1.74. The third kappa shape index (κ3) is 2.49. The van der Waals surface area contributed by atoms with Crippen LogP contribution in [0.2, 0.25) is 0 Å². The highest BCUT2D eigenvalue weighted by Crippen LogP contribution is 2.20. The Kier molecular flexibility index (Phi) is 3.72. The molecule has 0 aliphatic rings. The van der Waals surface area contributed by atoms with E-state index in [9.17, 15) is 0 Å². The van der Waals surface area contributed by atoms with Crippen LogP contribution in [0.5, 0.6) is 0 Å². The first-order chi connectivity index (χ1) is 7.10. The molecule has 3 nitrogen and oxygen atoms in total. The van der Waals surface area contributed by atoms with Gasteiger partial charge in [0.2, 0.25) is 0 Å². The second kappa shape index (κ2) is 4.82. The molecule has 0 unspecified atom stereocenters. The molecule has 0 bridgehead atoms. The maximum Gasteiger partial charge on any atom is 0.122 e. The van der Waals surface area contributed by atoms with Crippen LogP contribution in [0.25, 0.3) is 0 Å². The first kappa shape index (κ1) is 11.6. The molecule has 1 aromatic carbocycles. The lowest BCUT2D eigenvalue weighted by Gasteiger charge is -2.23. The normalized spacial score (nSPS) is 10.1. The molecule has 0 aliphatic heterocycles. The largest absolute Gasteiger partial charge is 0.384 e. The van der Waals surface area contributed by atoms with Crippen molar-refractivity contribution in [2.24, 2.45) is 5.73 Å². The van der Waals surface area contributed by atoms with Crippen molar-refractivity contribution in [3.63, 3.8) is 0 Å². The van der Waals surface area contributed by atoms with Crippen molar-refractivity contribution >= 4 is 11.5 Å². The maximum absolute atomic E-state index is 7.36. The average molecular weight is 205 g/mol. The molecule has 0 heterocycles. The summed E-state index contributed by atoms with van der Waals surface area (Å²) in [5.74, 6) is 0.129. The molecule has 15 heavy (non-hydrogen) atoms. The van der Waals surface area contributed by atoms with Gasteiger partial charge < -0.3 is 10.6 Å². The van der Waals surface area contributed by atoms with E-state index in [1.54, 1.807) is 0 Å². The average Bonchev–Trinajstić information content (AvgIpc) is 2.21. The van der Waals surface area contributed by atoms with Gasteiger partial charge in [0.25, 0.3) is 0 Å². The van der Waals surface area contributed by atoms with Crippen LogP contribution in [0.3, 0.4) is 0 Å². The van der Waals surface area contributed by atoms with Crippen molar-refractivity contribution < 1.29 is 0 Å². The summed E-state index contributed by atoms with van der Waals surface area (Å²) in [5, 5.41) is 7.36. The zero-order chi connectivity index (χ0) is 11.4. The summed E-state index contributed by atoms with van der Waals surface area (Å²) in [4.78, 5) is 2.29. The van der Waals surface area contributed by atoms with Crippen LogP contribution in [0.15, 0.2) is 18.2 Å². The highest BCUT2D eigenvalue weighted by atomic mass is 15.1. The summed E-state index contributed by atoms with van der Waals surface area (Å²) >= 11 is 0. The fraction of sp³-hybridized carbons (Fsp3) is 0.417. The van der Waals surface area contributed by atoms with Crippen LogP contribution >= 0.6 is 0 Å². The number of aryl methyl sites for hydroxylation is 1. The highest BCUT2D eigenvalue weighted by Gasteiger charge is 2.06. The topological polar surface area (TPSA) is 53.1 Å². The molecule has 0 aromatic heterocycles. The Hall–Kier alpha value is -1.51. The van der Waals surface area contributed by atoms with E-state index in [0.29, 0.717) is 0 Å². The second-order valence-corrected chi connectivity index (χ2v) is 3.59.